The minimum absolute atomic E-state index is 0.00122. The van der Waals surface area contributed by atoms with Gasteiger partial charge in [0.2, 0.25) is 0 Å². The molecule has 0 atom stereocenters. The molecule has 3 aromatic rings. The summed E-state index contributed by atoms with van der Waals surface area (Å²) in [7, 11) is 0. The monoisotopic (exact) mass is 719 g/mol. The highest BCUT2D eigenvalue weighted by Crippen LogP contribution is 2.35. The average molecular weight is 720 g/mol. The fourth-order valence-corrected chi connectivity index (χ4v) is 6.61. The van der Waals surface area contributed by atoms with Gasteiger partial charge in [-0.1, -0.05) is 0 Å². The SMILES string of the molecule is CCN(C(=O)c1cc(F)ccc1Oc1cncnc1N1CCC(Oc2ccnc3c2CN(CCC(C)(C)NC(=O)OC(C)(C)C)CC3)CC1)C(C)C. The van der Waals surface area contributed by atoms with E-state index in [1.807, 2.05) is 67.7 Å². The normalized spacial score (nSPS) is 15.6. The Kier molecular flexibility index (Phi) is 12.2. The second kappa shape index (κ2) is 16.4. The second-order valence-corrected chi connectivity index (χ2v) is 15.5. The molecule has 2 aliphatic heterocycles. The van der Waals surface area contributed by atoms with E-state index in [9.17, 15) is 14.0 Å². The molecular formula is C39H54FN7O5. The summed E-state index contributed by atoms with van der Waals surface area (Å²) < 4.78 is 32.7. The zero-order chi connectivity index (χ0) is 37.6. The van der Waals surface area contributed by atoms with Crippen LogP contribution in [0.1, 0.15) is 96.3 Å². The van der Waals surface area contributed by atoms with E-state index in [2.05, 4.69) is 30.1 Å². The number of aromatic nitrogens is 3. The number of nitrogens with one attached hydrogen (secondary N) is 1. The van der Waals surface area contributed by atoms with Crippen LogP contribution in [0.4, 0.5) is 15.0 Å². The predicted octanol–water partition coefficient (Wildman–Crippen LogP) is 6.77. The number of rotatable bonds is 12. The molecule has 52 heavy (non-hydrogen) atoms. The summed E-state index contributed by atoms with van der Waals surface area (Å²) in [5.41, 5.74) is 1.35. The van der Waals surface area contributed by atoms with Crippen molar-refractivity contribution in [1.29, 1.82) is 0 Å². The summed E-state index contributed by atoms with van der Waals surface area (Å²) in [6.07, 6.45) is 7.58. The highest BCUT2D eigenvalue weighted by Gasteiger charge is 2.30. The number of nitrogens with zero attached hydrogens (tertiary/aromatic N) is 6. The summed E-state index contributed by atoms with van der Waals surface area (Å²) in [6.45, 7) is 19.6. The van der Waals surface area contributed by atoms with Gasteiger partial charge in [-0.15, -0.1) is 0 Å². The Morgan fingerprint density at radius 1 is 1.04 bits per heavy atom. The summed E-state index contributed by atoms with van der Waals surface area (Å²) >= 11 is 0. The number of alkyl carbamates (subject to hydrolysis) is 1. The van der Waals surface area contributed by atoms with E-state index in [1.54, 1.807) is 11.1 Å². The topological polar surface area (TPSA) is 122 Å². The Bertz CT molecular complexity index is 1700. The van der Waals surface area contributed by atoms with Crippen molar-refractivity contribution in [2.24, 2.45) is 0 Å². The van der Waals surface area contributed by atoms with E-state index in [0.717, 1.165) is 62.3 Å². The number of hydrogen-bond acceptors (Lipinski definition) is 10. The van der Waals surface area contributed by atoms with Gasteiger partial charge in [-0.05, 0) is 86.1 Å². The Hall–Kier alpha value is -4.52. The van der Waals surface area contributed by atoms with Crippen molar-refractivity contribution in [2.75, 3.05) is 37.6 Å². The van der Waals surface area contributed by atoms with Gasteiger partial charge in [-0.25, -0.2) is 19.2 Å². The average Bonchev–Trinajstić information content (AvgIpc) is 3.08. The largest absolute Gasteiger partial charge is 0.490 e. The van der Waals surface area contributed by atoms with E-state index in [0.29, 0.717) is 31.2 Å². The van der Waals surface area contributed by atoms with Gasteiger partial charge in [0.1, 0.15) is 35.3 Å². The van der Waals surface area contributed by atoms with Crippen LogP contribution in [0.3, 0.4) is 0 Å². The number of benzene rings is 1. The van der Waals surface area contributed by atoms with Gasteiger partial charge in [0.15, 0.2) is 11.6 Å². The third kappa shape index (κ3) is 10.1. The molecule has 2 amide bonds. The molecule has 1 saturated heterocycles. The smallest absolute Gasteiger partial charge is 0.408 e. The maximum Gasteiger partial charge on any atom is 0.408 e. The van der Waals surface area contributed by atoms with Crippen LogP contribution >= 0.6 is 0 Å². The molecule has 4 heterocycles. The van der Waals surface area contributed by atoms with Crippen LogP contribution in [0.25, 0.3) is 0 Å². The molecule has 2 aromatic heterocycles. The number of hydrogen-bond donors (Lipinski definition) is 1. The molecule has 12 nitrogen and oxygen atoms in total. The molecule has 13 heteroatoms. The molecule has 0 unspecified atom stereocenters. The maximum atomic E-state index is 14.4. The fourth-order valence-electron chi connectivity index (χ4n) is 6.61. The van der Waals surface area contributed by atoms with Gasteiger partial charge in [0.05, 0.1) is 11.8 Å². The lowest BCUT2D eigenvalue weighted by Crippen LogP contribution is -2.48. The first-order chi connectivity index (χ1) is 24.6. The van der Waals surface area contributed by atoms with Crippen molar-refractivity contribution in [3.05, 3.63) is 65.6 Å². The van der Waals surface area contributed by atoms with Crippen molar-refractivity contribution in [2.45, 2.75) is 111 Å². The zero-order valence-electron chi connectivity index (χ0n) is 31.9. The minimum atomic E-state index is -0.549. The quantitative estimate of drug-likeness (QED) is 0.215. The number of carbonyl (C=O) groups excluding carboxylic acids is 2. The maximum absolute atomic E-state index is 14.4. The van der Waals surface area contributed by atoms with Gasteiger partial charge < -0.3 is 29.3 Å². The molecule has 0 saturated carbocycles. The Morgan fingerprint density at radius 2 is 1.79 bits per heavy atom. The highest BCUT2D eigenvalue weighted by molar-refractivity contribution is 5.97. The Balaban J connectivity index is 1.20. The first-order valence-corrected chi connectivity index (χ1v) is 18.3. The first-order valence-electron chi connectivity index (χ1n) is 18.3. The molecule has 282 valence electrons. The van der Waals surface area contributed by atoms with Gasteiger partial charge in [0.25, 0.3) is 5.91 Å². The minimum Gasteiger partial charge on any atom is -0.490 e. The fraction of sp³-hybridized carbons (Fsp3) is 0.564. The highest BCUT2D eigenvalue weighted by atomic mass is 19.1. The van der Waals surface area contributed by atoms with E-state index in [-0.39, 0.29) is 29.4 Å². The number of fused-ring (bicyclic) bond motifs is 1. The standard InChI is InChI=1S/C39H54FN7O5/c1-9-47(26(2)3)36(48)29-22-27(40)10-11-32(29)51-34-23-41-25-43-35(34)46-19-13-28(14-20-46)50-33-12-17-42-31-15-18-45(24-30(31)33)21-16-39(7,8)44-37(49)52-38(4,5)6/h10-12,17,22-23,25-26,28H,9,13-16,18-21,24H2,1-8H3,(H,44,49). The molecule has 0 bridgehead atoms. The lowest BCUT2D eigenvalue weighted by Gasteiger charge is -2.35. The number of amides is 2. The van der Waals surface area contributed by atoms with Crippen LogP contribution in [0.2, 0.25) is 0 Å². The number of anilines is 1. The van der Waals surface area contributed by atoms with Crippen LogP contribution in [0.5, 0.6) is 17.2 Å². The van der Waals surface area contributed by atoms with Crippen LogP contribution < -0.4 is 19.7 Å². The van der Waals surface area contributed by atoms with Crippen molar-refractivity contribution in [1.82, 2.24) is 30.1 Å². The van der Waals surface area contributed by atoms with E-state index >= 15 is 0 Å². The van der Waals surface area contributed by atoms with Crippen LogP contribution in [0.15, 0.2) is 43.0 Å². The van der Waals surface area contributed by atoms with E-state index in [1.165, 1.54) is 24.5 Å². The number of carbonyl (C=O) groups is 2. The van der Waals surface area contributed by atoms with Crippen LogP contribution in [-0.4, -0.2) is 92.8 Å². The number of pyridine rings is 1. The summed E-state index contributed by atoms with van der Waals surface area (Å²) in [5.74, 6) is 1.29. The number of piperidine rings is 1. The van der Waals surface area contributed by atoms with Crippen molar-refractivity contribution in [3.63, 3.8) is 0 Å². The molecule has 0 aliphatic carbocycles. The molecule has 1 aromatic carbocycles. The predicted molar refractivity (Wildman–Crippen MR) is 197 cm³/mol. The Morgan fingerprint density at radius 3 is 2.48 bits per heavy atom. The third-order valence-corrected chi connectivity index (χ3v) is 9.35. The summed E-state index contributed by atoms with van der Waals surface area (Å²) in [6, 6.07) is 5.88. The molecular weight excluding hydrogens is 665 g/mol. The molecule has 1 fully saturated rings. The molecule has 1 N–H and O–H groups in total. The van der Waals surface area contributed by atoms with Gasteiger partial charge in [-0.3, -0.25) is 14.7 Å². The Labute approximate surface area is 307 Å². The van der Waals surface area contributed by atoms with E-state index < -0.39 is 23.1 Å². The number of halogens is 1. The van der Waals surface area contributed by atoms with Crippen molar-refractivity contribution < 1.29 is 28.2 Å². The summed E-state index contributed by atoms with van der Waals surface area (Å²) in [5, 5.41) is 3.01. The van der Waals surface area contributed by atoms with Gasteiger partial charge in [-0.2, -0.15) is 0 Å². The van der Waals surface area contributed by atoms with Crippen LogP contribution in [-0.2, 0) is 17.7 Å². The lowest BCUT2D eigenvalue weighted by atomic mass is 9.98. The second-order valence-electron chi connectivity index (χ2n) is 15.5. The third-order valence-electron chi connectivity index (χ3n) is 9.35. The van der Waals surface area contributed by atoms with E-state index in [4.69, 9.17) is 14.2 Å². The summed E-state index contributed by atoms with van der Waals surface area (Å²) in [4.78, 5) is 45.4. The zero-order valence-corrected chi connectivity index (χ0v) is 31.9. The molecule has 0 spiro atoms. The molecule has 0 radical (unpaired) electrons. The van der Waals surface area contributed by atoms with Crippen molar-refractivity contribution in [3.8, 4) is 17.2 Å². The number of ether oxygens (including phenoxy) is 3. The van der Waals surface area contributed by atoms with Gasteiger partial charge >= 0.3 is 6.09 Å². The lowest BCUT2D eigenvalue weighted by molar-refractivity contribution is 0.0460. The van der Waals surface area contributed by atoms with Gasteiger partial charge in [0, 0.05) is 87.6 Å². The first kappa shape index (κ1) is 38.7. The van der Waals surface area contributed by atoms with Crippen molar-refractivity contribution >= 4 is 17.8 Å². The van der Waals surface area contributed by atoms with Crippen LogP contribution in [0, 0.1) is 5.82 Å². The molecule has 2 aliphatic rings. The molecule has 5 rings (SSSR count).